The number of benzene rings is 2. The molecule has 2 aromatic rings. The number of rotatable bonds is 8. The van der Waals surface area contributed by atoms with Crippen molar-refractivity contribution in [3.8, 4) is 0 Å². The maximum absolute atomic E-state index is 6.61. The Bertz CT molecular complexity index is 709. The lowest BCUT2D eigenvalue weighted by molar-refractivity contribution is -0.0420. The molecule has 2 fully saturated rings. The van der Waals surface area contributed by atoms with Crippen molar-refractivity contribution in [2.45, 2.75) is 24.4 Å². The molecule has 2 saturated heterocycles. The van der Waals surface area contributed by atoms with E-state index in [1.165, 1.54) is 0 Å². The molecule has 128 valence electrons. The number of epoxide rings is 2. The van der Waals surface area contributed by atoms with E-state index in [1.54, 1.807) is 0 Å². The van der Waals surface area contributed by atoms with Crippen LogP contribution in [0.3, 0.4) is 0 Å². The van der Waals surface area contributed by atoms with Gasteiger partial charge in [0.15, 0.2) is 0 Å². The van der Waals surface area contributed by atoms with Crippen molar-refractivity contribution in [3.63, 3.8) is 0 Å². The van der Waals surface area contributed by atoms with Gasteiger partial charge in [0.1, 0.15) is 24.4 Å². The highest BCUT2D eigenvalue weighted by Crippen LogP contribution is 2.42. The molecule has 3 nitrogen and oxygen atoms in total. The molecule has 4 atom stereocenters. The Morgan fingerprint density at radius 3 is 1.56 bits per heavy atom. The molecule has 25 heavy (non-hydrogen) atoms. The van der Waals surface area contributed by atoms with Crippen LogP contribution in [0.1, 0.15) is 34.5 Å². The minimum absolute atomic E-state index is 0.0817. The Morgan fingerprint density at radius 1 is 0.800 bits per heavy atom. The molecule has 0 N–H and O–H groups in total. The molecule has 2 aliphatic heterocycles. The first-order valence-electron chi connectivity index (χ1n) is 8.63. The lowest BCUT2D eigenvalue weighted by Gasteiger charge is -2.26. The zero-order valence-corrected chi connectivity index (χ0v) is 14.1. The van der Waals surface area contributed by atoms with E-state index in [2.05, 4.69) is 37.4 Å². The van der Waals surface area contributed by atoms with Gasteiger partial charge in [-0.25, -0.2) is 0 Å². The van der Waals surface area contributed by atoms with Crippen LogP contribution in [-0.2, 0) is 14.2 Å². The van der Waals surface area contributed by atoms with E-state index < -0.39 is 0 Å². The lowest BCUT2D eigenvalue weighted by Crippen LogP contribution is -2.20. The Kier molecular flexibility index (Phi) is 4.53. The third-order valence-electron chi connectivity index (χ3n) is 4.73. The fourth-order valence-electron chi connectivity index (χ4n) is 3.25. The second kappa shape index (κ2) is 6.96. The van der Waals surface area contributed by atoms with Crippen LogP contribution >= 0.6 is 0 Å². The molecule has 0 amide bonds. The van der Waals surface area contributed by atoms with Crippen LogP contribution in [-0.4, -0.2) is 25.4 Å². The van der Waals surface area contributed by atoms with E-state index in [0.717, 1.165) is 35.5 Å². The van der Waals surface area contributed by atoms with Gasteiger partial charge in [-0.15, -0.1) is 0 Å². The van der Waals surface area contributed by atoms with E-state index in [1.807, 2.05) is 36.4 Å². The summed E-state index contributed by atoms with van der Waals surface area (Å²) in [4.78, 5) is 0. The highest BCUT2D eigenvalue weighted by Gasteiger charge is 2.42. The van der Waals surface area contributed by atoms with Gasteiger partial charge in [0, 0.05) is 0 Å². The second-order valence-corrected chi connectivity index (χ2v) is 6.39. The summed E-state index contributed by atoms with van der Waals surface area (Å²) in [7, 11) is 0. The maximum Gasteiger partial charge on any atom is 0.112 e. The minimum Gasteiger partial charge on any atom is -0.370 e. The van der Waals surface area contributed by atoms with Gasteiger partial charge in [0.25, 0.3) is 0 Å². The van der Waals surface area contributed by atoms with Crippen LogP contribution in [0.5, 0.6) is 0 Å². The molecular weight excluding hydrogens is 312 g/mol. The number of hydrogen-bond donors (Lipinski definition) is 0. The van der Waals surface area contributed by atoms with Crippen LogP contribution in [0.4, 0.5) is 0 Å². The third kappa shape index (κ3) is 3.45. The quantitative estimate of drug-likeness (QED) is 0.663. The molecule has 4 unspecified atom stereocenters. The van der Waals surface area contributed by atoms with Crippen molar-refractivity contribution in [1.82, 2.24) is 0 Å². The van der Waals surface area contributed by atoms with Crippen LogP contribution < -0.4 is 0 Å². The summed E-state index contributed by atoms with van der Waals surface area (Å²) in [6.45, 7) is 9.30. The molecule has 2 aromatic carbocycles. The Labute approximate surface area is 148 Å². The smallest absolute Gasteiger partial charge is 0.112 e. The monoisotopic (exact) mass is 334 g/mol. The summed E-state index contributed by atoms with van der Waals surface area (Å²) in [5.74, 6) is 0. The summed E-state index contributed by atoms with van der Waals surface area (Å²) in [5, 5.41) is 0. The average molecular weight is 334 g/mol. The van der Waals surface area contributed by atoms with Crippen molar-refractivity contribution in [1.29, 1.82) is 0 Å². The summed E-state index contributed by atoms with van der Waals surface area (Å²) in [6.07, 6.45) is 3.63. The molecule has 3 heteroatoms. The fourth-order valence-corrected chi connectivity index (χ4v) is 3.25. The first-order chi connectivity index (χ1) is 12.3. The van der Waals surface area contributed by atoms with Gasteiger partial charge >= 0.3 is 0 Å². The minimum atomic E-state index is -0.138. The van der Waals surface area contributed by atoms with Gasteiger partial charge in [-0.2, -0.15) is 0 Å². The molecule has 0 aliphatic carbocycles. The Hall–Kier alpha value is -2.20. The topological polar surface area (TPSA) is 34.3 Å². The van der Waals surface area contributed by atoms with Crippen LogP contribution in [0, 0.1) is 0 Å². The first kappa shape index (κ1) is 16.3. The molecule has 0 spiro atoms. The lowest BCUT2D eigenvalue weighted by atomic mass is 9.97. The van der Waals surface area contributed by atoms with Crippen molar-refractivity contribution >= 4 is 12.2 Å². The average Bonchev–Trinajstić information content (AvgIpc) is 3.56. The van der Waals surface area contributed by atoms with Gasteiger partial charge in [0.2, 0.25) is 0 Å². The third-order valence-corrected chi connectivity index (χ3v) is 4.73. The molecule has 0 radical (unpaired) electrons. The van der Waals surface area contributed by atoms with Gasteiger partial charge < -0.3 is 14.2 Å². The molecule has 2 aliphatic rings. The molecule has 2 heterocycles. The van der Waals surface area contributed by atoms with Gasteiger partial charge in [0.05, 0.1) is 13.2 Å². The summed E-state index contributed by atoms with van der Waals surface area (Å²) in [5.41, 5.74) is 4.38. The Morgan fingerprint density at radius 2 is 1.20 bits per heavy atom. The first-order valence-corrected chi connectivity index (χ1v) is 8.63. The summed E-state index contributed by atoms with van der Waals surface area (Å²) >= 11 is 0. The maximum atomic E-state index is 6.61. The largest absolute Gasteiger partial charge is 0.370 e. The van der Waals surface area contributed by atoms with Crippen LogP contribution in [0.2, 0.25) is 0 Å². The van der Waals surface area contributed by atoms with Gasteiger partial charge in [-0.1, -0.05) is 73.8 Å². The molecule has 0 aromatic heterocycles. The molecule has 0 saturated carbocycles. The number of ether oxygens (including phenoxy) is 3. The molecule has 0 bridgehead atoms. The van der Waals surface area contributed by atoms with E-state index in [-0.39, 0.29) is 24.4 Å². The number of hydrogen-bond acceptors (Lipinski definition) is 3. The van der Waals surface area contributed by atoms with Gasteiger partial charge in [-0.3, -0.25) is 0 Å². The van der Waals surface area contributed by atoms with Crippen molar-refractivity contribution < 1.29 is 14.2 Å². The Balaban J connectivity index is 1.68. The standard InChI is InChI=1S/C22H22O3/c1-3-15-9-5-7-11-17(15)21(19-13-23-19)25-22(20-14-24-20)18-12-8-6-10-16(18)4-2/h3-12,19-22H,1-2,13-14H2. The zero-order chi connectivity index (χ0) is 17.2. The van der Waals surface area contributed by atoms with Crippen molar-refractivity contribution in [3.05, 3.63) is 83.9 Å². The van der Waals surface area contributed by atoms with Crippen LogP contribution in [0.15, 0.2) is 61.7 Å². The predicted octanol–water partition coefficient (Wildman–Crippen LogP) is 4.57. The van der Waals surface area contributed by atoms with Gasteiger partial charge in [-0.05, 0) is 22.3 Å². The summed E-state index contributed by atoms with van der Waals surface area (Å²) < 4.78 is 17.8. The highest BCUT2D eigenvalue weighted by molar-refractivity contribution is 5.54. The van der Waals surface area contributed by atoms with E-state index in [4.69, 9.17) is 14.2 Å². The highest BCUT2D eigenvalue weighted by atomic mass is 16.6. The van der Waals surface area contributed by atoms with E-state index >= 15 is 0 Å². The van der Waals surface area contributed by atoms with Crippen molar-refractivity contribution in [2.75, 3.05) is 13.2 Å². The molecule has 4 rings (SSSR count). The van der Waals surface area contributed by atoms with E-state index in [9.17, 15) is 0 Å². The zero-order valence-electron chi connectivity index (χ0n) is 14.1. The molecular formula is C22H22O3. The second-order valence-electron chi connectivity index (χ2n) is 6.39. The summed E-state index contributed by atoms with van der Waals surface area (Å²) in [6, 6.07) is 16.4. The predicted molar refractivity (Wildman–Crippen MR) is 99.1 cm³/mol. The SMILES string of the molecule is C=Cc1ccccc1C(OC(c1ccccc1C=C)C1CO1)C1CO1. The normalized spacial score (nSPS) is 23.5. The van der Waals surface area contributed by atoms with Crippen molar-refractivity contribution in [2.24, 2.45) is 0 Å². The van der Waals surface area contributed by atoms with E-state index in [0.29, 0.717) is 0 Å². The fraction of sp³-hybridized carbons (Fsp3) is 0.273. The van der Waals surface area contributed by atoms with Crippen LogP contribution in [0.25, 0.3) is 12.2 Å².